The zero-order valence-corrected chi connectivity index (χ0v) is 16.4. The normalized spacial score (nSPS) is 11.4. The minimum absolute atomic E-state index is 0.216. The minimum atomic E-state index is -1.14. The number of halogens is 1. The number of amides is 1. The fourth-order valence-electron chi connectivity index (χ4n) is 2.67. The Kier molecular flexibility index (Phi) is 5.29. The number of rotatable bonds is 6. The summed E-state index contributed by atoms with van der Waals surface area (Å²) in [6.07, 6.45) is 1.43. The van der Waals surface area contributed by atoms with Crippen molar-refractivity contribution >= 4 is 40.2 Å². The average molecular weight is 402 g/mol. The van der Waals surface area contributed by atoms with Crippen molar-refractivity contribution in [3.8, 4) is 5.75 Å². The van der Waals surface area contributed by atoms with Crippen LogP contribution in [0.25, 0.3) is 10.9 Å². The molecule has 0 atom stereocenters. The Balaban J connectivity index is 1.91. The third-order valence-electron chi connectivity index (χ3n) is 4.47. The molecule has 1 aromatic carbocycles. The van der Waals surface area contributed by atoms with Gasteiger partial charge in [0.2, 0.25) is 0 Å². The van der Waals surface area contributed by atoms with E-state index < -0.39 is 17.3 Å². The number of carboxylic acid groups (broad SMARTS) is 1. The molecule has 0 saturated heterocycles. The first-order valence-corrected chi connectivity index (χ1v) is 9.06. The molecule has 0 aliphatic heterocycles. The van der Waals surface area contributed by atoms with Crippen molar-refractivity contribution in [3.05, 3.63) is 52.8 Å². The molecule has 0 bridgehead atoms. The number of nitrogens with one attached hydrogen (secondary N) is 2. The number of hydrogen-bond donors (Lipinski definition) is 3. The number of H-pyrrole nitrogens is 1. The van der Waals surface area contributed by atoms with E-state index in [4.69, 9.17) is 16.3 Å². The van der Waals surface area contributed by atoms with Gasteiger partial charge in [-0.15, -0.1) is 0 Å². The Morgan fingerprint density at radius 2 is 2.04 bits per heavy atom. The first-order valence-electron chi connectivity index (χ1n) is 8.68. The van der Waals surface area contributed by atoms with E-state index in [1.165, 1.54) is 6.20 Å². The second-order valence-corrected chi connectivity index (χ2v) is 7.24. The molecule has 28 heavy (non-hydrogen) atoms. The standard InChI is InChI=1S/C20H20ClN3O4/c1-4-28-16-9-12(20(2,3)19(26)27)10-22-17(16)24-18(25)15-8-11-7-13(21)5-6-14(11)23-15/h5-10,23H,4H2,1-3H3,(H,26,27)(H,22,24,25). The van der Waals surface area contributed by atoms with Gasteiger partial charge < -0.3 is 20.1 Å². The third-order valence-corrected chi connectivity index (χ3v) is 4.70. The molecule has 0 spiro atoms. The number of fused-ring (bicyclic) bond motifs is 1. The van der Waals surface area contributed by atoms with Gasteiger partial charge in [0, 0.05) is 22.1 Å². The summed E-state index contributed by atoms with van der Waals surface area (Å²) in [5, 5.41) is 13.5. The molecule has 1 amide bonds. The highest BCUT2D eigenvalue weighted by molar-refractivity contribution is 6.31. The van der Waals surface area contributed by atoms with Gasteiger partial charge in [-0.05, 0) is 56.7 Å². The second kappa shape index (κ2) is 7.52. The first kappa shape index (κ1) is 19.7. The van der Waals surface area contributed by atoms with Gasteiger partial charge in [0.1, 0.15) is 5.69 Å². The maximum Gasteiger partial charge on any atom is 0.313 e. The lowest BCUT2D eigenvalue weighted by Crippen LogP contribution is -2.29. The molecule has 0 saturated carbocycles. The van der Waals surface area contributed by atoms with E-state index in [9.17, 15) is 14.7 Å². The number of aromatic amines is 1. The number of aliphatic carboxylic acids is 1. The summed E-state index contributed by atoms with van der Waals surface area (Å²) in [6, 6.07) is 8.57. The number of anilines is 1. The highest BCUT2D eigenvalue weighted by atomic mass is 35.5. The Morgan fingerprint density at radius 1 is 1.29 bits per heavy atom. The van der Waals surface area contributed by atoms with Crippen molar-refractivity contribution < 1.29 is 19.4 Å². The molecule has 0 aliphatic rings. The van der Waals surface area contributed by atoms with Crippen LogP contribution in [0.3, 0.4) is 0 Å². The van der Waals surface area contributed by atoms with Gasteiger partial charge in [-0.1, -0.05) is 11.6 Å². The van der Waals surface area contributed by atoms with Crippen molar-refractivity contribution in [1.82, 2.24) is 9.97 Å². The molecule has 0 aliphatic carbocycles. The molecule has 0 fully saturated rings. The second-order valence-electron chi connectivity index (χ2n) is 6.80. The highest BCUT2D eigenvalue weighted by Crippen LogP contribution is 2.31. The zero-order valence-electron chi connectivity index (χ0n) is 15.7. The van der Waals surface area contributed by atoms with Crippen molar-refractivity contribution in [2.75, 3.05) is 11.9 Å². The maximum absolute atomic E-state index is 12.7. The van der Waals surface area contributed by atoms with E-state index >= 15 is 0 Å². The molecule has 2 heterocycles. The molecule has 3 N–H and O–H groups in total. The van der Waals surface area contributed by atoms with Crippen LogP contribution < -0.4 is 10.1 Å². The summed E-state index contributed by atoms with van der Waals surface area (Å²) in [6.45, 7) is 5.29. The number of carboxylic acids is 1. The number of carbonyl (C=O) groups is 2. The van der Waals surface area contributed by atoms with Gasteiger partial charge in [-0.25, -0.2) is 4.98 Å². The van der Waals surface area contributed by atoms with E-state index in [1.54, 1.807) is 51.1 Å². The topological polar surface area (TPSA) is 104 Å². The Labute approximate surface area is 166 Å². The third kappa shape index (κ3) is 3.80. The summed E-state index contributed by atoms with van der Waals surface area (Å²) in [4.78, 5) is 31.4. The lowest BCUT2D eigenvalue weighted by Gasteiger charge is -2.21. The Morgan fingerprint density at radius 3 is 2.71 bits per heavy atom. The van der Waals surface area contributed by atoms with Crippen LogP contribution in [0.15, 0.2) is 36.5 Å². The molecule has 8 heteroatoms. The fourth-order valence-corrected chi connectivity index (χ4v) is 2.85. The summed E-state index contributed by atoms with van der Waals surface area (Å²) >= 11 is 5.98. The monoisotopic (exact) mass is 401 g/mol. The summed E-state index contributed by atoms with van der Waals surface area (Å²) in [5.41, 5.74) is 0.460. The van der Waals surface area contributed by atoms with E-state index in [0.717, 1.165) is 10.9 Å². The molecule has 2 aromatic heterocycles. The quantitative estimate of drug-likeness (QED) is 0.573. The number of hydrogen-bond acceptors (Lipinski definition) is 4. The van der Waals surface area contributed by atoms with Crippen LogP contribution >= 0.6 is 11.6 Å². The van der Waals surface area contributed by atoms with Crippen molar-refractivity contribution in [2.24, 2.45) is 0 Å². The molecule has 7 nitrogen and oxygen atoms in total. The van der Waals surface area contributed by atoms with Crippen molar-refractivity contribution in [1.29, 1.82) is 0 Å². The van der Waals surface area contributed by atoms with Crippen LogP contribution in [-0.2, 0) is 10.2 Å². The SMILES string of the molecule is CCOc1cc(C(C)(C)C(=O)O)cnc1NC(=O)c1cc2cc(Cl)ccc2[nH]1. The smallest absolute Gasteiger partial charge is 0.313 e. The van der Waals surface area contributed by atoms with Crippen LogP contribution in [0.2, 0.25) is 5.02 Å². The number of ether oxygens (including phenoxy) is 1. The van der Waals surface area contributed by atoms with E-state index in [0.29, 0.717) is 28.6 Å². The van der Waals surface area contributed by atoms with Gasteiger partial charge in [-0.2, -0.15) is 0 Å². The van der Waals surface area contributed by atoms with Gasteiger partial charge in [0.05, 0.1) is 12.0 Å². The van der Waals surface area contributed by atoms with Gasteiger partial charge in [-0.3, -0.25) is 9.59 Å². The molecule has 0 radical (unpaired) electrons. The first-order chi connectivity index (χ1) is 13.2. The molecule has 3 rings (SSSR count). The minimum Gasteiger partial charge on any atom is -0.490 e. The van der Waals surface area contributed by atoms with E-state index in [-0.39, 0.29) is 5.82 Å². The molecule has 0 unspecified atom stereocenters. The fraction of sp³-hybridized carbons (Fsp3) is 0.250. The largest absolute Gasteiger partial charge is 0.490 e. The predicted molar refractivity (Wildman–Crippen MR) is 107 cm³/mol. The molecular weight excluding hydrogens is 382 g/mol. The summed E-state index contributed by atoms with van der Waals surface area (Å²) in [5.74, 6) is -0.855. The van der Waals surface area contributed by atoms with Crippen molar-refractivity contribution in [2.45, 2.75) is 26.2 Å². The van der Waals surface area contributed by atoms with Crippen LogP contribution in [-0.4, -0.2) is 33.6 Å². The van der Waals surface area contributed by atoms with Crippen LogP contribution in [0.5, 0.6) is 5.75 Å². The van der Waals surface area contributed by atoms with Gasteiger partial charge in [0.15, 0.2) is 11.6 Å². The summed E-state index contributed by atoms with van der Waals surface area (Å²) in [7, 11) is 0. The molecule has 3 aromatic rings. The number of aromatic nitrogens is 2. The van der Waals surface area contributed by atoms with Gasteiger partial charge >= 0.3 is 5.97 Å². The van der Waals surface area contributed by atoms with Crippen LogP contribution in [0, 0.1) is 0 Å². The van der Waals surface area contributed by atoms with Gasteiger partial charge in [0.25, 0.3) is 5.91 Å². The Bertz CT molecular complexity index is 1060. The molecular formula is C20H20ClN3O4. The number of nitrogens with zero attached hydrogens (tertiary/aromatic N) is 1. The number of benzene rings is 1. The molecule has 146 valence electrons. The zero-order chi connectivity index (χ0) is 20.5. The average Bonchev–Trinajstić information content (AvgIpc) is 3.06. The maximum atomic E-state index is 12.7. The lowest BCUT2D eigenvalue weighted by molar-refractivity contribution is -0.142. The van der Waals surface area contributed by atoms with Crippen LogP contribution in [0.4, 0.5) is 5.82 Å². The highest BCUT2D eigenvalue weighted by Gasteiger charge is 2.31. The lowest BCUT2D eigenvalue weighted by atomic mass is 9.86. The number of carbonyl (C=O) groups excluding carboxylic acids is 1. The van der Waals surface area contributed by atoms with E-state index in [2.05, 4.69) is 15.3 Å². The Hall–Kier alpha value is -3.06. The van der Waals surface area contributed by atoms with E-state index in [1.807, 2.05) is 0 Å². The summed E-state index contributed by atoms with van der Waals surface area (Å²) < 4.78 is 5.57. The predicted octanol–water partition coefficient (Wildman–Crippen LogP) is 4.23. The number of pyridine rings is 1. The van der Waals surface area contributed by atoms with Crippen molar-refractivity contribution in [3.63, 3.8) is 0 Å². The van der Waals surface area contributed by atoms with Crippen LogP contribution in [0.1, 0.15) is 36.8 Å².